The smallest absolute Gasteiger partial charge is 0.255 e. The van der Waals surface area contributed by atoms with Crippen molar-refractivity contribution in [2.45, 2.75) is 13.0 Å². The van der Waals surface area contributed by atoms with Gasteiger partial charge in [0.05, 0.1) is 11.6 Å². The average Bonchev–Trinajstić information content (AvgIpc) is 2.46. The molecule has 20 heavy (non-hydrogen) atoms. The maximum atomic E-state index is 12.3. The van der Waals surface area contributed by atoms with Crippen LogP contribution in [-0.2, 0) is 0 Å². The van der Waals surface area contributed by atoms with E-state index in [2.05, 4.69) is 4.98 Å². The van der Waals surface area contributed by atoms with Gasteiger partial charge in [0, 0.05) is 24.3 Å². The molecule has 1 aromatic carbocycles. The first kappa shape index (κ1) is 14.3. The molecule has 1 amide bonds. The number of carbonyl (C=O) groups excluding carboxylic acids is 1. The summed E-state index contributed by atoms with van der Waals surface area (Å²) in [4.78, 5) is 27.4. The topological polar surface area (TPSA) is 53.2 Å². The molecule has 0 spiro atoms. The Morgan fingerprint density at radius 3 is 2.40 bits per heavy atom. The number of rotatable bonds is 3. The Labute approximate surface area is 122 Å². The molecule has 0 fully saturated rings. The van der Waals surface area contributed by atoms with Gasteiger partial charge in [-0.05, 0) is 30.7 Å². The van der Waals surface area contributed by atoms with Gasteiger partial charge in [-0.25, -0.2) is 0 Å². The molecule has 104 valence electrons. The molecule has 0 radical (unpaired) electrons. The number of benzene rings is 1. The molecule has 1 aromatic heterocycles. The number of hydrogen-bond acceptors (Lipinski definition) is 2. The predicted octanol–water partition coefficient (Wildman–Crippen LogP) is 2.86. The summed E-state index contributed by atoms with van der Waals surface area (Å²) in [7, 11) is 1.73. The Morgan fingerprint density at radius 1 is 1.20 bits per heavy atom. The second-order valence-corrected chi connectivity index (χ2v) is 5.02. The van der Waals surface area contributed by atoms with Crippen LogP contribution in [0.4, 0.5) is 0 Å². The van der Waals surface area contributed by atoms with Gasteiger partial charge < -0.3 is 9.88 Å². The minimum Gasteiger partial charge on any atom is -0.335 e. The maximum Gasteiger partial charge on any atom is 0.255 e. The number of carbonyl (C=O) groups is 1. The number of pyridine rings is 1. The predicted molar refractivity (Wildman–Crippen MR) is 79.0 cm³/mol. The number of halogens is 1. The molecule has 5 heteroatoms. The quantitative estimate of drug-likeness (QED) is 0.945. The van der Waals surface area contributed by atoms with Crippen molar-refractivity contribution in [2.75, 3.05) is 7.05 Å². The molecule has 0 bridgehead atoms. The van der Waals surface area contributed by atoms with Crippen LogP contribution in [0.3, 0.4) is 0 Å². The zero-order chi connectivity index (χ0) is 14.7. The fourth-order valence-corrected chi connectivity index (χ4v) is 2.01. The Hall–Kier alpha value is -2.07. The molecule has 1 heterocycles. The summed E-state index contributed by atoms with van der Waals surface area (Å²) >= 11 is 5.85. The van der Waals surface area contributed by atoms with Crippen LogP contribution < -0.4 is 5.56 Å². The standard InChI is InChI=1S/C15H15ClN2O2/c1-10(11-3-6-13(16)7-4-11)18(2)15(20)12-5-8-14(19)17-9-12/h3-10H,1-2H3,(H,17,19). The second kappa shape index (κ2) is 5.92. The van der Waals surface area contributed by atoms with Gasteiger partial charge in [0.2, 0.25) is 5.56 Å². The summed E-state index contributed by atoms with van der Waals surface area (Å²) in [6.07, 6.45) is 1.43. The van der Waals surface area contributed by atoms with E-state index in [-0.39, 0.29) is 17.5 Å². The summed E-state index contributed by atoms with van der Waals surface area (Å²) in [5.41, 5.74) is 1.22. The number of nitrogens with zero attached hydrogens (tertiary/aromatic N) is 1. The van der Waals surface area contributed by atoms with Gasteiger partial charge in [0.25, 0.3) is 5.91 Å². The molecule has 0 aliphatic heterocycles. The van der Waals surface area contributed by atoms with Crippen LogP contribution >= 0.6 is 11.6 Å². The van der Waals surface area contributed by atoms with Gasteiger partial charge in [-0.2, -0.15) is 0 Å². The molecule has 1 unspecified atom stereocenters. The zero-order valence-electron chi connectivity index (χ0n) is 11.3. The highest BCUT2D eigenvalue weighted by Gasteiger charge is 2.18. The number of amides is 1. The Kier molecular flexibility index (Phi) is 4.25. The Morgan fingerprint density at radius 2 is 1.85 bits per heavy atom. The van der Waals surface area contributed by atoms with Gasteiger partial charge in [-0.1, -0.05) is 23.7 Å². The lowest BCUT2D eigenvalue weighted by Crippen LogP contribution is -2.30. The first-order chi connectivity index (χ1) is 9.49. The number of aromatic nitrogens is 1. The van der Waals surface area contributed by atoms with Crippen molar-refractivity contribution in [3.63, 3.8) is 0 Å². The van der Waals surface area contributed by atoms with Crippen LogP contribution in [-0.4, -0.2) is 22.8 Å². The largest absolute Gasteiger partial charge is 0.335 e. The highest BCUT2D eigenvalue weighted by Crippen LogP contribution is 2.22. The molecule has 1 N–H and O–H groups in total. The molecule has 0 saturated carbocycles. The molecule has 2 rings (SSSR count). The van der Waals surface area contributed by atoms with E-state index in [0.717, 1.165) is 5.56 Å². The fraction of sp³-hybridized carbons (Fsp3) is 0.200. The summed E-state index contributed by atoms with van der Waals surface area (Å²) in [6.45, 7) is 1.94. The van der Waals surface area contributed by atoms with E-state index in [9.17, 15) is 9.59 Å². The van der Waals surface area contributed by atoms with Crippen LogP contribution in [0, 0.1) is 0 Å². The summed E-state index contributed by atoms with van der Waals surface area (Å²) in [6, 6.07) is 10.2. The number of nitrogens with one attached hydrogen (secondary N) is 1. The first-order valence-electron chi connectivity index (χ1n) is 6.20. The lowest BCUT2D eigenvalue weighted by atomic mass is 10.1. The number of hydrogen-bond donors (Lipinski definition) is 1. The second-order valence-electron chi connectivity index (χ2n) is 4.59. The monoisotopic (exact) mass is 290 g/mol. The summed E-state index contributed by atoms with van der Waals surface area (Å²) < 4.78 is 0. The third kappa shape index (κ3) is 3.08. The van der Waals surface area contributed by atoms with Crippen molar-refractivity contribution in [1.82, 2.24) is 9.88 Å². The third-order valence-corrected chi connectivity index (χ3v) is 3.54. The molecule has 4 nitrogen and oxygen atoms in total. The van der Waals surface area contributed by atoms with Gasteiger partial charge >= 0.3 is 0 Å². The lowest BCUT2D eigenvalue weighted by molar-refractivity contribution is 0.0742. The van der Waals surface area contributed by atoms with Crippen molar-refractivity contribution in [2.24, 2.45) is 0 Å². The normalized spacial score (nSPS) is 11.9. The van der Waals surface area contributed by atoms with Crippen LogP contribution in [0.2, 0.25) is 5.02 Å². The maximum absolute atomic E-state index is 12.3. The van der Waals surface area contributed by atoms with E-state index in [1.165, 1.54) is 18.3 Å². The van der Waals surface area contributed by atoms with Crippen LogP contribution in [0.15, 0.2) is 47.4 Å². The van der Waals surface area contributed by atoms with E-state index in [1.54, 1.807) is 24.1 Å². The third-order valence-electron chi connectivity index (χ3n) is 3.28. The van der Waals surface area contributed by atoms with Gasteiger partial charge in [0.15, 0.2) is 0 Å². The lowest BCUT2D eigenvalue weighted by Gasteiger charge is -2.25. The minimum atomic E-state index is -0.227. The molecule has 0 aliphatic rings. The zero-order valence-corrected chi connectivity index (χ0v) is 12.0. The molecule has 2 aromatic rings. The van der Waals surface area contributed by atoms with Crippen molar-refractivity contribution < 1.29 is 4.79 Å². The van der Waals surface area contributed by atoms with E-state index < -0.39 is 0 Å². The van der Waals surface area contributed by atoms with Crippen LogP contribution in [0.25, 0.3) is 0 Å². The van der Waals surface area contributed by atoms with Crippen LogP contribution in [0.5, 0.6) is 0 Å². The molecular weight excluding hydrogens is 276 g/mol. The number of aromatic amines is 1. The van der Waals surface area contributed by atoms with E-state index in [1.807, 2.05) is 19.1 Å². The Balaban J connectivity index is 2.19. The summed E-state index contributed by atoms with van der Waals surface area (Å²) in [5.74, 6) is -0.149. The van der Waals surface area contributed by atoms with E-state index in [4.69, 9.17) is 11.6 Å². The van der Waals surface area contributed by atoms with Crippen molar-refractivity contribution in [3.05, 3.63) is 69.1 Å². The molecule has 1 atom stereocenters. The SMILES string of the molecule is CC(c1ccc(Cl)cc1)N(C)C(=O)c1ccc(=O)[nH]c1. The van der Waals surface area contributed by atoms with Crippen molar-refractivity contribution >= 4 is 17.5 Å². The number of H-pyrrole nitrogens is 1. The minimum absolute atomic E-state index is 0.0910. The molecule has 0 aliphatic carbocycles. The van der Waals surface area contributed by atoms with Crippen molar-refractivity contribution in [3.8, 4) is 0 Å². The summed E-state index contributed by atoms with van der Waals surface area (Å²) in [5, 5.41) is 0.663. The van der Waals surface area contributed by atoms with Gasteiger partial charge in [0.1, 0.15) is 0 Å². The highest BCUT2D eigenvalue weighted by molar-refractivity contribution is 6.30. The highest BCUT2D eigenvalue weighted by atomic mass is 35.5. The van der Waals surface area contributed by atoms with E-state index in [0.29, 0.717) is 10.6 Å². The average molecular weight is 291 g/mol. The van der Waals surface area contributed by atoms with Gasteiger partial charge in [-0.3, -0.25) is 9.59 Å². The van der Waals surface area contributed by atoms with Gasteiger partial charge in [-0.15, -0.1) is 0 Å². The van der Waals surface area contributed by atoms with E-state index >= 15 is 0 Å². The first-order valence-corrected chi connectivity index (χ1v) is 6.58. The Bertz CT molecular complexity index is 644. The molecular formula is C15H15ClN2O2. The fourth-order valence-electron chi connectivity index (χ4n) is 1.89. The van der Waals surface area contributed by atoms with Crippen molar-refractivity contribution in [1.29, 1.82) is 0 Å². The van der Waals surface area contributed by atoms with Crippen LogP contribution in [0.1, 0.15) is 28.9 Å². The molecule has 0 saturated heterocycles.